The minimum Gasteiger partial charge on any atom is -0.502 e. The van der Waals surface area contributed by atoms with Crippen molar-refractivity contribution in [1.29, 1.82) is 0 Å². The molecule has 0 radical (unpaired) electrons. The van der Waals surface area contributed by atoms with E-state index in [9.17, 15) is 9.90 Å². The molecule has 0 bridgehead atoms. The fraction of sp³-hybridized carbons (Fsp3) is 0.458. The van der Waals surface area contributed by atoms with Gasteiger partial charge in [-0.2, -0.15) is 0 Å². The van der Waals surface area contributed by atoms with Crippen LogP contribution in [0.1, 0.15) is 42.6 Å². The van der Waals surface area contributed by atoms with Crippen LogP contribution >= 0.6 is 0 Å². The summed E-state index contributed by atoms with van der Waals surface area (Å²) in [6.07, 6.45) is 1.91. The Bertz CT molecular complexity index is 855. The summed E-state index contributed by atoms with van der Waals surface area (Å²) in [7, 11) is 3.04. The first kappa shape index (κ1) is 22.0. The molecule has 3 rings (SSSR count). The number of methoxy groups -OCH3 is 2. The lowest BCUT2D eigenvalue weighted by Crippen LogP contribution is -2.38. The molecule has 6 nitrogen and oxygen atoms in total. The Balaban J connectivity index is 1.71. The maximum atomic E-state index is 13.1. The van der Waals surface area contributed by atoms with E-state index < -0.39 is 0 Å². The van der Waals surface area contributed by atoms with Gasteiger partial charge in [0.2, 0.25) is 5.75 Å². The zero-order valence-corrected chi connectivity index (χ0v) is 18.2. The van der Waals surface area contributed by atoms with E-state index in [1.54, 1.807) is 0 Å². The summed E-state index contributed by atoms with van der Waals surface area (Å²) in [6.45, 7) is 6.22. The summed E-state index contributed by atoms with van der Waals surface area (Å²) in [5, 5.41) is 10.1. The fourth-order valence-electron chi connectivity index (χ4n) is 3.94. The van der Waals surface area contributed by atoms with Crippen LogP contribution in [0, 0.1) is 5.92 Å². The highest BCUT2D eigenvalue weighted by molar-refractivity contribution is 5.98. The number of nitrogens with zero attached hydrogens (tertiary/aromatic N) is 1. The van der Waals surface area contributed by atoms with Crippen molar-refractivity contribution in [3.8, 4) is 23.0 Å². The molecule has 6 heteroatoms. The number of carbonyl (C=O) groups is 1. The average Bonchev–Trinajstić information content (AvgIpc) is 2.74. The topological polar surface area (TPSA) is 68.2 Å². The van der Waals surface area contributed by atoms with Crippen LogP contribution in [0.15, 0.2) is 36.4 Å². The Kier molecular flexibility index (Phi) is 7.21. The van der Waals surface area contributed by atoms with Crippen molar-refractivity contribution < 1.29 is 24.1 Å². The lowest BCUT2D eigenvalue weighted by Gasteiger charge is -2.32. The van der Waals surface area contributed by atoms with Gasteiger partial charge in [-0.1, -0.05) is 12.1 Å². The largest absolute Gasteiger partial charge is 0.502 e. The number of aromatic hydroxyl groups is 1. The number of phenols is 1. The van der Waals surface area contributed by atoms with Crippen molar-refractivity contribution in [2.24, 2.45) is 5.92 Å². The third-order valence-electron chi connectivity index (χ3n) is 5.31. The van der Waals surface area contributed by atoms with Crippen LogP contribution < -0.4 is 14.2 Å². The van der Waals surface area contributed by atoms with E-state index in [2.05, 4.69) is 4.90 Å². The Labute approximate surface area is 178 Å². The second kappa shape index (κ2) is 9.85. The molecule has 0 spiro atoms. The summed E-state index contributed by atoms with van der Waals surface area (Å²) in [6, 6.07) is 11.1. The third kappa shape index (κ3) is 5.25. The van der Waals surface area contributed by atoms with E-state index in [4.69, 9.17) is 14.2 Å². The number of hydrogen-bond donors (Lipinski definition) is 1. The van der Waals surface area contributed by atoms with Gasteiger partial charge in [-0.25, -0.2) is 0 Å². The first-order chi connectivity index (χ1) is 14.4. The lowest BCUT2D eigenvalue weighted by atomic mass is 9.89. The number of phenolic OH excluding ortho intramolecular Hbond substituents is 1. The maximum Gasteiger partial charge on any atom is 0.200 e. The lowest BCUT2D eigenvalue weighted by molar-refractivity contribution is 0.0810. The van der Waals surface area contributed by atoms with Crippen LogP contribution in [0.4, 0.5) is 0 Å². The van der Waals surface area contributed by atoms with E-state index in [1.807, 2.05) is 50.2 Å². The predicted molar refractivity (Wildman–Crippen MR) is 116 cm³/mol. The van der Waals surface area contributed by atoms with Crippen LogP contribution in [0.2, 0.25) is 0 Å². The molecule has 162 valence electrons. The number of carbonyl (C=O) groups excluding carboxylic acids is 1. The zero-order chi connectivity index (χ0) is 21.7. The molecule has 1 aliphatic rings. The smallest absolute Gasteiger partial charge is 0.200 e. The molecule has 1 saturated heterocycles. The predicted octanol–water partition coefficient (Wildman–Crippen LogP) is 4.29. The van der Waals surface area contributed by atoms with Crippen molar-refractivity contribution in [1.82, 2.24) is 4.90 Å². The Morgan fingerprint density at radius 2 is 1.87 bits per heavy atom. The third-order valence-corrected chi connectivity index (χ3v) is 5.31. The van der Waals surface area contributed by atoms with Gasteiger partial charge in [0, 0.05) is 24.6 Å². The van der Waals surface area contributed by atoms with Crippen LogP contribution in [0.3, 0.4) is 0 Å². The summed E-state index contributed by atoms with van der Waals surface area (Å²) < 4.78 is 16.3. The molecule has 1 N–H and O–H groups in total. The average molecular weight is 414 g/mol. The first-order valence-corrected chi connectivity index (χ1v) is 10.4. The highest BCUT2D eigenvalue weighted by atomic mass is 16.5. The molecule has 1 unspecified atom stereocenters. The normalized spacial score (nSPS) is 17.0. The molecule has 2 aromatic rings. The summed E-state index contributed by atoms with van der Waals surface area (Å²) in [5.41, 5.74) is 1.68. The molecule has 0 aliphatic carbocycles. The molecule has 1 aliphatic heterocycles. The molecule has 1 heterocycles. The number of hydrogen-bond acceptors (Lipinski definition) is 6. The molecule has 0 saturated carbocycles. The van der Waals surface area contributed by atoms with Gasteiger partial charge in [0.1, 0.15) is 5.75 Å². The maximum absolute atomic E-state index is 13.1. The van der Waals surface area contributed by atoms with Crippen molar-refractivity contribution >= 4 is 5.78 Å². The molecule has 1 atom stereocenters. The molecule has 30 heavy (non-hydrogen) atoms. The fourth-order valence-corrected chi connectivity index (χ4v) is 3.94. The minimum absolute atomic E-state index is 0.000975. The van der Waals surface area contributed by atoms with E-state index in [-0.39, 0.29) is 23.6 Å². The van der Waals surface area contributed by atoms with Gasteiger partial charge in [-0.3, -0.25) is 9.69 Å². The van der Waals surface area contributed by atoms with Crippen molar-refractivity contribution in [3.05, 3.63) is 47.5 Å². The van der Waals surface area contributed by atoms with E-state index in [0.717, 1.165) is 30.7 Å². The van der Waals surface area contributed by atoms with Gasteiger partial charge in [-0.15, -0.1) is 0 Å². The van der Waals surface area contributed by atoms with Gasteiger partial charge in [0.25, 0.3) is 0 Å². The quantitative estimate of drug-likeness (QED) is 0.651. The standard InChI is InChI=1S/C24H31NO5/c1-16(2)30-20-9-5-7-18(13-20)23(26)19-8-6-10-25(15-19)14-17-11-21(28-3)24(27)22(12-17)29-4/h5,7,9,11-13,16,19,27H,6,8,10,14-15H2,1-4H3. The molecular weight excluding hydrogens is 382 g/mol. The van der Waals surface area contributed by atoms with Gasteiger partial charge < -0.3 is 19.3 Å². The van der Waals surface area contributed by atoms with E-state index in [1.165, 1.54) is 14.2 Å². The van der Waals surface area contributed by atoms with Crippen molar-refractivity contribution in [2.75, 3.05) is 27.3 Å². The minimum atomic E-state index is -0.0473. The van der Waals surface area contributed by atoms with Crippen molar-refractivity contribution in [2.45, 2.75) is 39.3 Å². The number of piperidine rings is 1. The number of rotatable bonds is 8. The van der Waals surface area contributed by atoms with Crippen molar-refractivity contribution in [3.63, 3.8) is 0 Å². The second-order valence-electron chi connectivity index (χ2n) is 7.98. The molecular formula is C24H31NO5. The number of benzene rings is 2. The SMILES string of the molecule is COc1cc(CN2CCCC(C(=O)c3cccc(OC(C)C)c3)C2)cc(OC)c1O. The molecule has 1 fully saturated rings. The summed E-state index contributed by atoms with van der Waals surface area (Å²) in [5.74, 6) is 1.61. The van der Waals surface area contributed by atoms with Crippen LogP contribution in [0.25, 0.3) is 0 Å². The van der Waals surface area contributed by atoms with Crippen LogP contribution in [0.5, 0.6) is 23.0 Å². The monoisotopic (exact) mass is 413 g/mol. The second-order valence-corrected chi connectivity index (χ2v) is 7.98. The molecule has 2 aromatic carbocycles. The molecule has 0 aromatic heterocycles. The Hall–Kier alpha value is -2.73. The van der Waals surface area contributed by atoms with Crippen LogP contribution in [-0.4, -0.2) is 49.2 Å². The zero-order valence-electron chi connectivity index (χ0n) is 18.2. The number of ketones is 1. The molecule has 0 amide bonds. The van der Waals surface area contributed by atoms with E-state index in [0.29, 0.717) is 30.2 Å². The Morgan fingerprint density at radius 3 is 2.50 bits per heavy atom. The van der Waals surface area contributed by atoms with Gasteiger partial charge in [0.05, 0.1) is 20.3 Å². The van der Waals surface area contributed by atoms with E-state index >= 15 is 0 Å². The van der Waals surface area contributed by atoms with Gasteiger partial charge in [0.15, 0.2) is 17.3 Å². The summed E-state index contributed by atoms with van der Waals surface area (Å²) in [4.78, 5) is 15.4. The summed E-state index contributed by atoms with van der Waals surface area (Å²) >= 11 is 0. The highest BCUT2D eigenvalue weighted by Gasteiger charge is 2.27. The Morgan fingerprint density at radius 1 is 1.17 bits per heavy atom. The number of likely N-dealkylation sites (tertiary alicyclic amines) is 1. The van der Waals surface area contributed by atoms with Crippen LogP contribution in [-0.2, 0) is 6.54 Å². The number of Topliss-reactive ketones (excluding diaryl/α,β-unsaturated/α-hetero) is 1. The van der Waals surface area contributed by atoms with Gasteiger partial charge in [-0.05, 0) is 63.1 Å². The first-order valence-electron chi connectivity index (χ1n) is 10.4. The number of ether oxygens (including phenoxy) is 3. The highest BCUT2D eigenvalue weighted by Crippen LogP contribution is 2.37. The van der Waals surface area contributed by atoms with Gasteiger partial charge >= 0.3 is 0 Å².